The quantitative estimate of drug-likeness (QED) is 0.412. The van der Waals surface area contributed by atoms with Crippen molar-refractivity contribution in [2.45, 2.75) is 18.3 Å². The molecule has 7 nitrogen and oxygen atoms in total. The van der Waals surface area contributed by atoms with E-state index < -0.39 is 22.1 Å². The second-order valence-corrected chi connectivity index (χ2v) is 7.22. The lowest BCUT2D eigenvalue weighted by molar-refractivity contribution is -0.386. The molecule has 1 heterocycles. The van der Waals surface area contributed by atoms with E-state index in [1.807, 2.05) is 0 Å². The van der Waals surface area contributed by atoms with Crippen molar-refractivity contribution in [3.05, 3.63) is 44.3 Å². The van der Waals surface area contributed by atoms with Crippen molar-refractivity contribution in [2.24, 2.45) is 5.92 Å². The third-order valence-corrected chi connectivity index (χ3v) is 5.43. The number of rotatable bonds is 5. The van der Waals surface area contributed by atoms with Crippen molar-refractivity contribution in [3.63, 3.8) is 0 Å². The topological polar surface area (TPSA) is 91.6 Å². The lowest BCUT2D eigenvalue weighted by Crippen LogP contribution is -2.50. The number of aromatic nitrogens is 1. The zero-order chi connectivity index (χ0) is 19.1. The van der Waals surface area contributed by atoms with Crippen molar-refractivity contribution in [1.29, 1.82) is 0 Å². The SMILES string of the molecule is COCC1CC(C(=O)OC)(c2c([N+](=O)[O-])cnc3cc(F)c(Br)cc23)C1. The Morgan fingerprint density at radius 3 is 2.73 bits per heavy atom. The van der Waals surface area contributed by atoms with Crippen molar-refractivity contribution in [3.8, 4) is 0 Å². The van der Waals surface area contributed by atoms with Gasteiger partial charge < -0.3 is 9.47 Å². The van der Waals surface area contributed by atoms with Gasteiger partial charge in [0.25, 0.3) is 5.69 Å². The molecule has 2 aromatic rings. The van der Waals surface area contributed by atoms with Gasteiger partial charge in [-0.2, -0.15) is 0 Å². The molecule has 138 valence electrons. The lowest BCUT2D eigenvalue weighted by atomic mass is 9.58. The van der Waals surface area contributed by atoms with E-state index in [-0.39, 0.29) is 27.2 Å². The van der Waals surface area contributed by atoms with Crippen LogP contribution in [0.3, 0.4) is 0 Å². The first-order valence-electron chi connectivity index (χ1n) is 7.84. The predicted octanol–water partition coefficient (Wildman–Crippen LogP) is 3.51. The van der Waals surface area contributed by atoms with Gasteiger partial charge in [-0.25, -0.2) is 9.37 Å². The van der Waals surface area contributed by atoms with Crippen LogP contribution in [0.25, 0.3) is 10.9 Å². The number of pyridine rings is 1. The largest absolute Gasteiger partial charge is 0.468 e. The summed E-state index contributed by atoms with van der Waals surface area (Å²) in [6.45, 7) is 0.438. The Bertz CT molecular complexity index is 898. The molecule has 0 atom stereocenters. The molecule has 3 rings (SSSR count). The van der Waals surface area contributed by atoms with Crippen LogP contribution in [0, 0.1) is 21.8 Å². The van der Waals surface area contributed by atoms with E-state index in [9.17, 15) is 19.3 Å². The van der Waals surface area contributed by atoms with Crippen LogP contribution < -0.4 is 0 Å². The first kappa shape index (κ1) is 18.7. The molecule has 0 aliphatic heterocycles. The molecule has 0 saturated heterocycles. The molecular weight excluding hydrogens is 411 g/mol. The van der Waals surface area contributed by atoms with Crippen LogP contribution in [0.5, 0.6) is 0 Å². The van der Waals surface area contributed by atoms with Crippen molar-refractivity contribution in [1.82, 2.24) is 4.98 Å². The first-order valence-corrected chi connectivity index (χ1v) is 8.63. The Kier molecular flexibility index (Phi) is 4.94. The molecule has 0 bridgehead atoms. The molecular formula is C17H16BrFN2O5. The van der Waals surface area contributed by atoms with E-state index in [1.165, 1.54) is 19.2 Å². The molecule has 1 aromatic carbocycles. The summed E-state index contributed by atoms with van der Waals surface area (Å²) in [5.74, 6) is -1.02. The monoisotopic (exact) mass is 426 g/mol. The number of halogens is 2. The minimum absolute atomic E-state index is 0.0748. The Hall–Kier alpha value is -2.13. The molecule has 1 saturated carbocycles. The molecule has 0 unspecified atom stereocenters. The van der Waals surface area contributed by atoms with Gasteiger partial charge in [0.15, 0.2) is 0 Å². The van der Waals surface area contributed by atoms with Crippen LogP contribution in [0.15, 0.2) is 22.8 Å². The smallest absolute Gasteiger partial charge is 0.316 e. The zero-order valence-corrected chi connectivity index (χ0v) is 15.7. The molecule has 1 aromatic heterocycles. The number of benzene rings is 1. The maximum Gasteiger partial charge on any atom is 0.316 e. The van der Waals surface area contributed by atoms with Crippen LogP contribution >= 0.6 is 15.9 Å². The molecule has 0 spiro atoms. The van der Waals surface area contributed by atoms with E-state index in [0.29, 0.717) is 24.8 Å². The maximum atomic E-state index is 13.9. The van der Waals surface area contributed by atoms with Crippen molar-refractivity contribution in [2.75, 3.05) is 20.8 Å². The summed E-state index contributed by atoms with van der Waals surface area (Å²) in [6.07, 6.45) is 1.77. The summed E-state index contributed by atoms with van der Waals surface area (Å²) >= 11 is 3.10. The van der Waals surface area contributed by atoms with E-state index in [0.717, 1.165) is 6.20 Å². The molecule has 1 aliphatic carbocycles. The number of hydrogen-bond donors (Lipinski definition) is 0. The second kappa shape index (κ2) is 6.88. The number of nitrogens with zero attached hydrogens (tertiary/aromatic N) is 2. The normalized spacial score (nSPS) is 22.1. The van der Waals surface area contributed by atoms with E-state index >= 15 is 0 Å². The van der Waals surface area contributed by atoms with Gasteiger partial charge >= 0.3 is 5.97 Å². The van der Waals surface area contributed by atoms with Gasteiger partial charge in [0.05, 0.1) is 27.6 Å². The standard InChI is InChI=1S/C17H16BrFN2O5/c1-25-8-9-5-17(6-9,16(22)26-2)15-10-3-11(18)12(19)4-13(10)20-7-14(15)21(23)24/h3-4,7,9H,5-6,8H2,1-2H3. The molecule has 1 fully saturated rings. The minimum atomic E-state index is -1.18. The highest BCUT2D eigenvalue weighted by atomic mass is 79.9. The Morgan fingerprint density at radius 2 is 2.15 bits per heavy atom. The van der Waals surface area contributed by atoms with Gasteiger partial charge in [0.2, 0.25) is 0 Å². The highest BCUT2D eigenvalue weighted by Gasteiger charge is 2.56. The highest BCUT2D eigenvalue weighted by molar-refractivity contribution is 9.10. The maximum absolute atomic E-state index is 13.9. The third-order valence-electron chi connectivity index (χ3n) is 4.82. The highest BCUT2D eigenvalue weighted by Crippen LogP contribution is 2.53. The molecule has 0 radical (unpaired) electrons. The van der Waals surface area contributed by atoms with Gasteiger partial charge in [-0.15, -0.1) is 0 Å². The summed E-state index contributed by atoms with van der Waals surface area (Å²) in [4.78, 5) is 27.7. The average Bonchev–Trinajstić information content (AvgIpc) is 2.57. The number of esters is 1. The van der Waals surface area contributed by atoms with Crippen LogP contribution in [0.2, 0.25) is 0 Å². The van der Waals surface area contributed by atoms with Gasteiger partial charge in [-0.05, 0) is 40.8 Å². The average molecular weight is 427 g/mol. The number of ether oxygens (including phenoxy) is 2. The summed E-state index contributed by atoms with van der Waals surface area (Å²) in [5, 5.41) is 12.0. The molecule has 0 N–H and O–H groups in total. The van der Waals surface area contributed by atoms with Gasteiger partial charge in [0, 0.05) is 25.2 Å². The predicted molar refractivity (Wildman–Crippen MR) is 94.3 cm³/mol. The van der Waals surface area contributed by atoms with Crippen LogP contribution in [0.1, 0.15) is 18.4 Å². The summed E-state index contributed by atoms with van der Waals surface area (Å²) in [5.41, 5.74) is -1.01. The fraction of sp³-hybridized carbons (Fsp3) is 0.412. The van der Waals surface area contributed by atoms with E-state index in [4.69, 9.17) is 9.47 Å². The fourth-order valence-electron chi connectivity index (χ4n) is 3.77. The van der Waals surface area contributed by atoms with Gasteiger partial charge in [0.1, 0.15) is 17.4 Å². The van der Waals surface area contributed by atoms with E-state index in [2.05, 4.69) is 20.9 Å². The Morgan fingerprint density at radius 1 is 1.46 bits per heavy atom. The molecule has 26 heavy (non-hydrogen) atoms. The number of methoxy groups -OCH3 is 2. The summed E-state index contributed by atoms with van der Waals surface area (Å²) < 4.78 is 24.1. The Balaban J connectivity index is 2.29. The zero-order valence-electron chi connectivity index (χ0n) is 14.1. The molecule has 0 amide bonds. The third kappa shape index (κ3) is 2.84. The van der Waals surface area contributed by atoms with Gasteiger partial charge in [-0.1, -0.05) is 0 Å². The number of nitro groups is 1. The second-order valence-electron chi connectivity index (χ2n) is 6.36. The number of fused-ring (bicyclic) bond motifs is 1. The van der Waals surface area contributed by atoms with Crippen molar-refractivity contribution < 1.29 is 23.6 Å². The van der Waals surface area contributed by atoms with Gasteiger partial charge in [-0.3, -0.25) is 14.9 Å². The number of carbonyl (C=O) groups excluding carboxylic acids is 1. The van der Waals surface area contributed by atoms with Crippen LogP contribution in [0.4, 0.5) is 10.1 Å². The molecule has 9 heteroatoms. The summed E-state index contributed by atoms with van der Waals surface area (Å²) in [7, 11) is 2.81. The molecule has 1 aliphatic rings. The number of hydrogen-bond acceptors (Lipinski definition) is 6. The van der Waals surface area contributed by atoms with Crippen LogP contribution in [-0.2, 0) is 19.7 Å². The lowest BCUT2D eigenvalue weighted by Gasteiger charge is -2.45. The fourth-order valence-corrected chi connectivity index (χ4v) is 4.11. The number of carbonyl (C=O) groups is 1. The summed E-state index contributed by atoms with van der Waals surface area (Å²) in [6, 6.07) is 2.61. The van der Waals surface area contributed by atoms with Crippen LogP contribution in [-0.4, -0.2) is 36.7 Å². The first-order chi connectivity index (χ1) is 12.3. The minimum Gasteiger partial charge on any atom is -0.468 e. The Labute approximate surface area is 156 Å². The van der Waals surface area contributed by atoms with E-state index in [1.54, 1.807) is 7.11 Å². The van der Waals surface area contributed by atoms with Crippen molar-refractivity contribution >= 4 is 38.5 Å².